The van der Waals surface area contributed by atoms with Crippen molar-refractivity contribution in [3.05, 3.63) is 29.0 Å². The third-order valence-electron chi connectivity index (χ3n) is 1.65. The van der Waals surface area contributed by atoms with E-state index in [4.69, 9.17) is 16.9 Å². The van der Waals surface area contributed by atoms with Gasteiger partial charge in [0.05, 0.1) is 0 Å². The molecule has 1 atom stereocenters. The number of hydrogen-bond donors (Lipinski definition) is 0. The van der Waals surface area contributed by atoms with Crippen molar-refractivity contribution in [2.24, 2.45) is 4.36 Å². The van der Waals surface area contributed by atoms with Gasteiger partial charge in [0.25, 0.3) is 0 Å². The lowest BCUT2D eigenvalue weighted by Gasteiger charge is -2.12. The van der Waals surface area contributed by atoms with Gasteiger partial charge in [-0.05, 0) is 11.6 Å². The number of halogens is 1. The predicted molar refractivity (Wildman–Crippen MR) is 53.8 cm³/mol. The average molecular weight is 229 g/mol. The van der Waals surface area contributed by atoms with Gasteiger partial charge < -0.3 is 4.21 Å². The first kappa shape index (κ1) is 11.0. The number of nitriles is 1. The van der Waals surface area contributed by atoms with Gasteiger partial charge in [-0.2, -0.15) is 15.9 Å². The van der Waals surface area contributed by atoms with E-state index in [0.717, 1.165) is 5.56 Å². The Bertz CT molecular complexity index is 431. The third kappa shape index (κ3) is 2.69. The number of rotatable bonds is 2. The molecule has 0 aromatic carbocycles. The van der Waals surface area contributed by atoms with Crippen LogP contribution in [0.1, 0.15) is 17.7 Å². The number of pyridine rings is 1. The highest BCUT2D eigenvalue weighted by molar-refractivity contribution is 7.75. The molecule has 0 aliphatic rings. The Balaban J connectivity index is 2.97. The molecular weight excluding hydrogens is 222 g/mol. The maximum absolute atomic E-state index is 11.3. The SMILES string of the molecule is C[C@@H](c1ccc(Cl)nc1)[S-](=O)=NC#N. The maximum atomic E-state index is 11.3. The zero-order valence-electron chi connectivity index (χ0n) is 7.35. The monoisotopic (exact) mass is 228 g/mol. The minimum Gasteiger partial charge on any atom is -0.443 e. The fraction of sp³-hybridized carbons (Fsp3) is 0.250. The second-order valence-corrected chi connectivity index (χ2v) is 4.35. The van der Waals surface area contributed by atoms with Crippen LogP contribution in [0.25, 0.3) is 0 Å². The van der Waals surface area contributed by atoms with Crippen LogP contribution in [-0.4, -0.2) is 4.98 Å². The number of aromatic nitrogens is 1. The molecule has 0 saturated heterocycles. The summed E-state index contributed by atoms with van der Waals surface area (Å²) in [5.74, 6) is 0. The summed E-state index contributed by atoms with van der Waals surface area (Å²) >= 11 is 5.59. The molecule has 1 aromatic heterocycles. The Labute approximate surface area is 88.8 Å². The minimum absolute atomic E-state index is 0.348. The van der Waals surface area contributed by atoms with Crippen molar-refractivity contribution in [1.29, 1.82) is 5.26 Å². The standard InChI is InChI=1S/C8H7ClN3OS/c1-6(14(13)12-5-10)7-2-3-8(9)11-4-7/h2-4,6H,1H3/q-1/t6-/m0/s1. The molecule has 4 nitrogen and oxygen atoms in total. The largest absolute Gasteiger partial charge is 0.443 e. The van der Waals surface area contributed by atoms with Crippen molar-refractivity contribution in [2.45, 2.75) is 12.2 Å². The van der Waals surface area contributed by atoms with Gasteiger partial charge in [0, 0.05) is 6.20 Å². The van der Waals surface area contributed by atoms with Crippen molar-refractivity contribution in [2.75, 3.05) is 0 Å². The van der Waals surface area contributed by atoms with Crippen molar-refractivity contribution < 1.29 is 4.21 Å². The van der Waals surface area contributed by atoms with Crippen LogP contribution < -0.4 is 0 Å². The highest BCUT2D eigenvalue weighted by Crippen LogP contribution is 2.17. The third-order valence-corrected chi connectivity index (χ3v) is 3.02. The van der Waals surface area contributed by atoms with Crippen molar-refractivity contribution >= 4 is 22.2 Å². The second kappa shape index (κ2) is 4.94. The Hall–Kier alpha value is -1.12. The van der Waals surface area contributed by atoms with Crippen LogP contribution in [0.15, 0.2) is 22.7 Å². The molecule has 14 heavy (non-hydrogen) atoms. The second-order valence-electron chi connectivity index (χ2n) is 2.52. The van der Waals surface area contributed by atoms with Crippen LogP contribution in [0.3, 0.4) is 0 Å². The van der Waals surface area contributed by atoms with Gasteiger partial charge >= 0.3 is 0 Å². The first-order chi connectivity index (χ1) is 6.65. The van der Waals surface area contributed by atoms with Crippen LogP contribution >= 0.6 is 11.6 Å². The highest BCUT2D eigenvalue weighted by atomic mass is 35.5. The zero-order valence-corrected chi connectivity index (χ0v) is 8.92. The van der Waals surface area contributed by atoms with Crippen LogP contribution in [0.5, 0.6) is 0 Å². The quantitative estimate of drug-likeness (QED) is 0.444. The van der Waals surface area contributed by atoms with Crippen LogP contribution in [-0.2, 0) is 14.8 Å². The van der Waals surface area contributed by atoms with E-state index in [2.05, 4.69) is 9.35 Å². The number of nitrogens with zero attached hydrogens (tertiary/aromatic N) is 3. The fourth-order valence-electron chi connectivity index (χ4n) is 0.863. The van der Waals surface area contributed by atoms with Crippen LogP contribution in [0.4, 0.5) is 0 Å². The van der Waals surface area contributed by atoms with Crippen LogP contribution in [0, 0.1) is 11.5 Å². The Kier molecular flexibility index (Phi) is 3.86. The molecule has 0 bridgehead atoms. The first-order valence-electron chi connectivity index (χ1n) is 3.77. The van der Waals surface area contributed by atoms with Gasteiger partial charge in [-0.1, -0.05) is 29.8 Å². The van der Waals surface area contributed by atoms with Gasteiger partial charge in [0.2, 0.25) is 0 Å². The van der Waals surface area contributed by atoms with Gasteiger partial charge in [-0.3, -0.25) is 4.36 Å². The summed E-state index contributed by atoms with van der Waals surface area (Å²) in [7, 11) is -1.54. The summed E-state index contributed by atoms with van der Waals surface area (Å²) in [5, 5.41) is 8.26. The van der Waals surface area contributed by atoms with Crippen molar-refractivity contribution in [1.82, 2.24) is 4.98 Å². The van der Waals surface area contributed by atoms with Gasteiger partial charge in [0.15, 0.2) is 6.19 Å². The summed E-state index contributed by atoms with van der Waals surface area (Å²) in [6.45, 7) is 1.71. The summed E-state index contributed by atoms with van der Waals surface area (Å²) in [6.07, 6.45) is 3.03. The molecule has 0 radical (unpaired) electrons. The van der Waals surface area contributed by atoms with E-state index in [1.165, 1.54) is 12.4 Å². The molecule has 0 aliphatic heterocycles. The van der Waals surface area contributed by atoms with Gasteiger partial charge in [-0.25, -0.2) is 4.98 Å². The molecule has 6 heteroatoms. The topological polar surface area (TPSA) is 66.1 Å². The molecule has 1 rings (SSSR count). The summed E-state index contributed by atoms with van der Waals surface area (Å²) in [4.78, 5) is 3.85. The molecule has 74 valence electrons. The molecule has 0 aliphatic carbocycles. The van der Waals surface area contributed by atoms with Gasteiger partial charge in [0.1, 0.15) is 5.15 Å². The highest BCUT2D eigenvalue weighted by Gasteiger charge is 1.99. The molecule has 1 aromatic rings. The fourth-order valence-corrected chi connectivity index (χ4v) is 1.59. The maximum Gasteiger partial charge on any atom is 0.180 e. The zero-order chi connectivity index (χ0) is 10.6. The molecule has 0 saturated carbocycles. The molecular formula is C8H7ClN3OS-. The van der Waals surface area contributed by atoms with Crippen molar-refractivity contribution in [3.63, 3.8) is 0 Å². The molecule has 1 heterocycles. The van der Waals surface area contributed by atoms with E-state index in [-0.39, 0.29) is 5.25 Å². The summed E-state index contributed by atoms with van der Waals surface area (Å²) < 4.78 is 14.5. The van der Waals surface area contributed by atoms with E-state index in [0.29, 0.717) is 5.15 Å². The average Bonchev–Trinajstić information content (AvgIpc) is 2.18. The van der Waals surface area contributed by atoms with E-state index < -0.39 is 10.6 Å². The Morgan fingerprint density at radius 3 is 2.93 bits per heavy atom. The van der Waals surface area contributed by atoms with E-state index in [1.807, 2.05) is 0 Å². The Morgan fingerprint density at radius 1 is 1.71 bits per heavy atom. The van der Waals surface area contributed by atoms with Crippen molar-refractivity contribution in [3.8, 4) is 6.19 Å². The molecule has 0 N–H and O–H groups in total. The Morgan fingerprint density at radius 2 is 2.43 bits per heavy atom. The number of hydrogen-bond acceptors (Lipinski definition) is 5. The summed E-state index contributed by atoms with van der Waals surface area (Å²) in [6, 6.07) is 3.32. The van der Waals surface area contributed by atoms with Crippen LogP contribution in [0.2, 0.25) is 5.15 Å². The van der Waals surface area contributed by atoms with Gasteiger partial charge in [-0.15, -0.1) is 0 Å². The lowest BCUT2D eigenvalue weighted by Crippen LogP contribution is -1.94. The molecule has 0 fully saturated rings. The lowest BCUT2D eigenvalue weighted by atomic mass is 10.2. The lowest BCUT2D eigenvalue weighted by molar-refractivity contribution is 0.595. The minimum atomic E-state index is -1.54. The van der Waals surface area contributed by atoms with E-state index in [9.17, 15) is 4.21 Å². The predicted octanol–water partition coefficient (Wildman–Crippen LogP) is 2.42. The molecule has 0 unspecified atom stereocenters. The summed E-state index contributed by atoms with van der Waals surface area (Å²) in [5.41, 5.74) is 0.742. The van der Waals surface area contributed by atoms with E-state index >= 15 is 0 Å². The van der Waals surface area contributed by atoms with E-state index in [1.54, 1.807) is 19.1 Å². The first-order valence-corrected chi connectivity index (χ1v) is 5.32. The molecule has 0 amide bonds. The smallest absolute Gasteiger partial charge is 0.180 e. The normalized spacial score (nSPS) is 14.6. The molecule has 0 spiro atoms.